The normalized spacial score (nSPS) is 11.3. The number of benzene rings is 2. The van der Waals surface area contributed by atoms with E-state index in [1.807, 2.05) is 0 Å². The topological polar surface area (TPSA) is 72.2 Å². The van der Waals surface area contributed by atoms with E-state index in [1.165, 1.54) is 12.1 Å². The highest BCUT2D eigenvalue weighted by atomic mass is 79.9. The van der Waals surface area contributed by atoms with Crippen molar-refractivity contribution in [3.63, 3.8) is 0 Å². The Morgan fingerprint density at radius 3 is 2.60 bits per heavy atom. The molecule has 2 rings (SSSR count). The number of rotatable bonds is 3. The first-order valence-electron chi connectivity index (χ1n) is 5.64. The summed E-state index contributed by atoms with van der Waals surface area (Å²) in [4.78, 5) is -0.177. The Labute approximate surface area is 125 Å². The fraction of sp³-hybridized carbons (Fsp3) is 0.0769. The molecule has 0 aliphatic carbocycles. The summed E-state index contributed by atoms with van der Waals surface area (Å²) in [5, 5.41) is 0. The minimum Gasteiger partial charge on any atom is -0.396 e. The van der Waals surface area contributed by atoms with E-state index in [0.717, 1.165) is 16.1 Å². The lowest BCUT2D eigenvalue weighted by Crippen LogP contribution is -2.14. The van der Waals surface area contributed by atoms with Gasteiger partial charge in [-0.15, -0.1) is 0 Å². The molecule has 0 aromatic heterocycles. The molecule has 0 bridgehead atoms. The highest BCUT2D eigenvalue weighted by Gasteiger charge is 2.17. The van der Waals surface area contributed by atoms with Crippen molar-refractivity contribution in [2.45, 2.75) is 11.8 Å². The summed E-state index contributed by atoms with van der Waals surface area (Å²) in [6, 6.07) is 8.51. The molecule has 0 saturated carbocycles. The molecule has 0 heterocycles. The summed E-state index contributed by atoms with van der Waals surface area (Å²) in [5.74, 6) is -0.765. The molecule has 3 N–H and O–H groups in total. The Hall–Kier alpha value is -1.60. The van der Waals surface area contributed by atoms with Crippen molar-refractivity contribution in [2.24, 2.45) is 0 Å². The van der Waals surface area contributed by atoms with E-state index in [0.29, 0.717) is 5.69 Å². The Morgan fingerprint density at radius 1 is 1.25 bits per heavy atom. The molecule has 0 saturated heterocycles. The van der Waals surface area contributed by atoms with Crippen LogP contribution in [0.2, 0.25) is 0 Å². The van der Waals surface area contributed by atoms with Gasteiger partial charge in [-0.2, -0.15) is 0 Å². The predicted octanol–water partition coefficient (Wildman–Crippen LogP) is 3.28. The number of hydrogen-bond acceptors (Lipinski definition) is 3. The molecule has 2 aromatic carbocycles. The summed E-state index contributed by atoms with van der Waals surface area (Å²) in [6.45, 7) is 1.77. The van der Waals surface area contributed by atoms with Gasteiger partial charge in [-0.3, -0.25) is 4.72 Å². The summed E-state index contributed by atoms with van der Waals surface area (Å²) in [7, 11) is -3.86. The molecule has 0 atom stereocenters. The van der Waals surface area contributed by atoms with Crippen LogP contribution in [0.15, 0.2) is 45.8 Å². The van der Waals surface area contributed by atoms with E-state index >= 15 is 0 Å². The van der Waals surface area contributed by atoms with Gasteiger partial charge in [0.2, 0.25) is 0 Å². The summed E-state index contributed by atoms with van der Waals surface area (Å²) in [6.07, 6.45) is 0. The summed E-state index contributed by atoms with van der Waals surface area (Å²) >= 11 is 3.32. The molecule has 0 amide bonds. The molecule has 4 nitrogen and oxygen atoms in total. The fourth-order valence-electron chi connectivity index (χ4n) is 1.60. The van der Waals surface area contributed by atoms with Crippen molar-refractivity contribution in [3.8, 4) is 0 Å². The molecule has 0 radical (unpaired) electrons. The molecule has 0 fully saturated rings. The number of anilines is 2. The van der Waals surface area contributed by atoms with E-state index in [9.17, 15) is 12.8 Å². The van der Waals surface area contributed by atoms with Gasteiger partial charge in [-0.25, -0.2) is 12.8 Å². The van der Waals surface area contributed by atoms with E-state index in [1.54, 1.807) is 25.1 Å². The highest BCUT2D eigenvalue weighted by molar-refractivity contribution is 9.10. The number of nitrogens with one attached hydrogen (secondary N) is 1. The zero-order valence-corrected chi connectivity index (χ0v) is 12.9. The number of nitrogen functional groups attached to an aromatic ring is 1. The summed E-state index contributed by atoms with van der Waals surface area (Å²) in [5.41, 5.74) is 6.41. The molecule has 0 spiro atoms. The lowest BCUT2D eigenvalue weighted by Gasteiger charge is -2.12. The number of halogens is 2. The van der Waals surface area contributed by atoms with Crippen LogP contribution in [0.4, 0.5) is 15.8 Å². The first-order valence-corrected chi connectivity index (χ1v) is 7.92. The van der Waals surface area contributed by atoms with Gasteiger partial charge in [0.1, 0.15) is 5.82 Å². The first kappa shape index (κ1) is 14.8. The largest absolute Gasteiger partial charge is 0.396 e. The van der Waals surface area contributed by atoms with Crippen LogP contribution in [0.5, 0.6) is 0 Å². The zero-order chi connectivity index (χ0) is 14.9. The number of sulfonamides is 1. The Balaban J connectivity index is 2.41. The van der Waals surface area contributed by atoms with Crippen molar-refractivity contribution in [2.75, 3.05) is 10.5 Å². The zero-order valence-electron chi connectivity index (χ0n) is 10.5. The Morgan fingerprint density at radius 2 is 1.95 bits per heavy atom. The fourth-order valence-corrected chi connectivity index (χ4v) is 3.10. The molecule has 20 heavy (non-hydrogen) atoms. The second-order valence-electron chi connectivity index (χ2n) is 4.20. The Bertz CT molecular complexity index is 763. The lowest BCUT2D eigenvalue weighted by molar-refractivity contribution is 0.596. The van der Waals surface area contributed by atoms with Crippen LogP contribution in [0.1, 0.15) is 5.56 Å². The van der Waals surface area contributed by atoms with Gasteiger partial charge in [0.15, 0.2) is 0 Å². The standard InChI is InChI=1S/C13H12BrFN2O2S/c1-8-10(14)3-2-4-13(8)17-20(18,19)9-5-6-12(16)11(15)7-9/h2-7,17H,16H2,1H3. The summed E-state index contributed by atoms with van der Waals surface area (Å²) < 4.78 is 41.0. The lowest BCUT2D eigenvalue weighted by atomic mass is 10.2. The van der Waals surface area contributed by atoms with Crippen molar-refractivity contribution in [1.82, 2.24) is 0 Å². The van der Waals surface area contributed by atoms with Gasteiger partial charge >= 0.3 is 0 Å². The van der Waals surface area contributed by atoms with Gasteiger partial charge in [-0.05, 0) is 42.8 Å². The van der Waals surface area contributed by atoms with Crippen LogP contribution in [-0.2, 0) is 10.0 Å². The molecule has 0 aliphatic heterocycles. The molecule has 0 unspecified atom stereocenters. The van der Waals surface area contributed by atoms with Crippen LogP contribution >= 0.6 is 15.9 Å². The van der Waals surface area contributed by atoms with E-state index < -0.39 is 15.8 Å². The first-order chi connectivity index (χ1) is 9.31. The van der Waals surface area contributed by atoms with Crippen LogP contribution in [-0.4, -0.2) is 8.42 Å². The molecule has 106 valence electrons. The van der Waals surface area contributed by atoms with Gasteiger partial charge in [0.25, 0.3) is 10.0 Å². The van der Waals surface area contributed by atoms with E-state index in [-0.39, 0.29) is 10.6 Å². The molecule has 0 aliphatic rings. The van der Waals surface area contributed by atoms with Crippen LogP contribution < -0.4 is 10.5 Å². The third-order valence-corrected chi connectivity index (χ3v) is 5.02. The maximum atomic E-state index is 13.4. The average molecular weight is 359 g/mol. The molecule has 2 aromatic rings. The van der Waals surface area contributed by atoms with Crippen LogP contribution in [0.3, 0.4) is 0 Å². The minimum atomic E-state index is -3.86. The van der Waals surface area contributed by atoms with E-state index in [2.05, 4.69) is 20.7 Å². The van der Waals surface area contributed by atoms with Crippen molar-refractivity contribution in [3.05, 3.63) is 52.3 Å². The van der Waals surface area contributed by atoms with Gasteiger partial charge in [-0.1, -0.05) is 22.0 Å². The van der Waals surface area contributed by atoms with Gasteiger partial charge < -0.3 is 5.73 Å². The van der Waals surface area contributed by atoms with E-state index in [4.69, 9.17) is 5.73 Å². The van der Waals surface area contributed by atoms with Gasteiger partial charge in [0.05, 0.1) is 16.3 Å². The highest BCUT2D eigenvalue weighted by Crippen LogP contribution is 2.26. The minimum absolute atomic E-state index is 0.0948. The van der Waals surface area contributed by atoms with Crippen molar-refractivity contribution < 1.29 is 12.8 Å². The monoisotopic (exact) mass is 358 g/mol. The maximum Gasteiger partial charge on any atom is 0.262 e. The second kappa shape index (κ2) is 5.41. The second-order valence-corrected chi connectivity index (χ2v) is 6.74. The smallest absolute Gasteiger partial charge is 0.262 e. The molecular weight excluding hydrogens is 347 g/mol. The van der Waals surface area contributed by atoms with Crippen molar-refractivity contribution >= 4 is 37.3 Å². The third-order valence-electron chi connectivity index (χ3n) is 2.79. The number of nitrogens with two attached hydrogens (primary N) is 1. The quantitative estimate of drug-likeness (QED) is 0.827. The Kier molecular flexibility index (Phi) is 4.01. The van der Waals surface area contributed by atoms with Gasteiger partial charge in [0, 0.05) is 4.47 Å². The predicted molar refractivity (Wildman–Crippen MR) is 80.5 cm³/mol. The molecule has 7 heteroatoms. The SMILES string of the molecule is Cc1c(Br)cccc1NS(=O)(=O)c1ccc(N)c(F)c1. The third kappa shape index (κ3) is 2.94. The van der Waals surface area contributed by atoms with Crippen molar-refractivity contribution in [1.29, 1.82) is 0 Å². The maximum absolute atomic E-state index is 13.4. The number of hydrogen-bond donors (Lipinski definition) is 2. The molecular formula is C13H12BrFN2O2S. The van der Waals surface area contributed by atoms with Crippen LogP contribution in [0.25, 0.3) is 0 Å². The average Bonchev–Trinajstić information content (AvgIpc) is 2.38. The van der Waals surface area contributed by atoms with Crippen LogP contribution in [0, 0.1) is 12.7 Å².